The highest BCUT2D eigenvalue weighted by Crippen LogP contribution is 2.67. The van der Waals surface area contributed by atoms with Crippen LogP contribution in [0.3, 0.4) is 0 Å². The van der Waals surface area contributed by atoms with E-state index in [1.807, 2.05) is 0 Å². The van der Waals surface area contributed by atoms with E-state index in [1.54, 1.807) is 0 Å². The van der Waals surface area contributed by atoms with Gasteiger partial charge in [0.15, 0.2) is 0 Å². The van der Waals surface area contributed by atoms with Gasteiger partial charge < -0.3 is 4.90 Å². The van der Waals surface area contributed by atoms with E-state index in [0.717, 1.165) is 0 Å². The van der Waals surface area contributed by atoms with Crippen LogP contribution in [0, 0.1) is 0 Å². The molecule has 8 aromatic rings. The molecule has 0 saturated heterocycles. The number of fused-ring (bicyclic) bond motifs is 16. The fourth-order valence-electron chi connectivity index (χ4n) is 11.6. The van der Waals surface area contributed by atoms with Crippen molar-refractivity contribution in [2.45, 2.75) is 43.9 Å². The summed E-state index contributed by atoms with van der Waals surface area (Å²) in [5.74, 6) is 0. The molecule has 0 aliphatic heterocycles. The Bertz CT molecular complexity index is 2820. The summed E-state index contributed by atoms with van der Waals surface area (Å²) in [6.45, 7) is 9.57. The number of benzene rings is 8. The third kappa shape index (κ3) is 3.72. The predicted octanol–water partition coefficient (Wildman–Crippen LogP) is 14.1. The Morgan fingerprint density at radius 2 is 0.607 bits per heavy atom. The highest BCUT2D eigenvalue weighted by molar-refractivity contribution is 6.04. The summed E-state index contributed by atoms with van der Waals surface area (Å²) in [5.41, 5.74) is 24.3. The molecule has 0 amide bonds. The van der Waals surface area contributed by atoms with Crippen molar-refractivity contribution in [3.05, 3.63) is 220 Å². The first-order valence-corrected chi connectivity index (χ1v) is 20.0. The Hall–Kier alpha value is -6.44. The summed E-state index contributed by atoms with van der Waals surface area (Å²) in [6, 6.07) is 66.8. The summed E-state index contributed by atoms with van der Waals surface area (Å²) in [4.78, 5) is 2.67. The van der Waals surface area contributed by atoms with E-state index in [9.17, 15) is 0 Å². The van der Waals surface area contributed by atoms with Gasteiger partial charge in [-0.3, -0.25) is 0 Å². The lowest BCUT2D eigenvalue weighted by atomic mass is 9.70. The summed E-state index contributed by atoms with van der Waals surface area (Å²) in [5, 5.41) is 0. The number of nitrogens with zero attached hydrogens (tertiary/aromatic N) is 1. The van der Waals surface area contributed by atoms with Crippen molar-refractivity contribution in [3.63, 3.8) is 0 Å². The van der Waals surface area contributed by atoms with E-state index >= 15 is 0 Å². The molecule has 1 heteroatoms. The molecule has 8 aromatic carbocycles. The summed E-state index contributed by atoms with van der Waals surface area (Å²) in [7, 11) is 0. The minimum atomic E-state index is -0.502. The molecule has 0 aromatic heterocycles. The zero-order valence-electron chi connectivity index (χ0n) is 32.2. The predicted molar refractivity (Wildman–Crippen MR) is 233 cm³/mol. The molecule has 0 bridgehead atoms. The van der Waals surface area contributed by atoms with E-state index in [0.29, 0.717) is 0 Å². The van der Waals surface area contributed by atoms with Crippen molar-refractivity contribution in [1.82, 2.24) is 0 Å². The van der Waals surface area contributed by atoms with Crippen molar-refractivity contribution in [3.8, 4) is 44.5 Å². The zero-order chi connectivity index (χ0) is 37.6. The highest BCUT2D eigenvalue weighted by atomic mass is 15.2. The van der Waals surface area contributed by atoms with Gasteiger partial charge in [0.2, 0.25) is 0 Å². The van der Waals surface area contributed by atoms with Crippen molar-refractivity contribution < 1.29 is 0 Å². The second-order valence-electron chi connectivity index (χ2n) is 17.2. The SMILES string of the molecule is CC1(C)c2ccccc2-c2c(N(c3cccc4c3-c3ccccc3C4(C)C)c3cccc4c3C3(c5ccccc5-c5ccccc53)c3ccccc3-4)cccc21. The van der Waals surface area contributed by atoms with Crippen LogP contribution in [0.4, 0.5) is 17.1 Å². The molecule has 266 valence electrons. The molecule has 0 saturated carbocycles. The Labute approximate surface area is 329 Å². The molecular weight excluding hydrogens is 675 g/mol. The average molecular weight is 716 g/mol. The van der Waals surface area contributed by atoms with Gasteiger partial charge in [0.1, 0.15) is 0 Å². The standard InChI is InChI=1S/C55H41N/c1-53(2)40-24-10-8-21-38(40)50-45(53)29-16-31-47(50)56(48-32-17-30-46-51(48)39-22-9-11-25-41(39)54(46,3)4)49-33-15-23-37-36-20-7-14-28-44(36)55(52(37)49)42-26-12-5-18-34(42)35-19-6-13-27-43(35)55/h5-33H,1-4H3. The lowest BCUT2D eigenvalue weighted by molar-refractivity contribution is 0.660. The first-order chi connectivity index (χ1) is 27.3. The summed E-state index contributed by atoms with van der Waals surface area (Å²) < 4.78 is 0. The summed E-state index contributed by atoms with van der Waals surface area (Å²) >= 11 is 0. The molecule has 0 heterocycles. The number of hydrogen-bond acceptors (Lipinski definition) is 1. The monoisotopic (exact) mass is 715 g/mol. The maximum absolute atomic E-state index is 2.67. The second-order valence-corrected chi connectivity index (χ2v) is 17.2. The summed E-state index contributed by atoms with van der Waals surface area (Å²) in [6.07, 6.45) is 0. The Morgan fingerprint density at radius 3 is 1.07 bits per heavy atom. The number of rotatable bonds is 3. The van der Waals surface area contributed by atoms with Gasteiger partial charge in [-0.1, -0.05) is 185 Å². The van der Waals surface area contributed by atoms with E-state index in [4.69, 9.17) is 0 Å². The van der Waals surface area contributed by atoms with Gasteiger partial charge in [0.05, 0.1) is 22.5 Å². The van der Waals surface area contributed by atoms with Crippen LogP contribution in [-0.2, 0) is 16.2 Å². The molecular formula is C55H41N. The van der Waals surface area contributed by atoms with Gasteiger partial charge in [-0.15, -0.1) is 0 Å². The van der Waals surface area contributed by atoms with Crippen LogP contribution in [-0.4, -0.2) is 0 Å². The van der Waals surface area contributed by atoms with Gasteiger partial charge in [-0.2, -0.15) is 0 Å². The molecule has 12 rings (SSSR count). The quantitative estimate of drug-likeness (QED) is 0.176. The van der Waals surface area contributed by atoms with Crippen molar-refractivity contribution in [1.29, 1.82) is 0 Å². The average Bonchev–Trinajstić information content (AvgIpc) is 3.87. The topological polar surface area (TPSA) is 3.24 Å². The Balaban J connectivity index is 1.26. The maximum atomic E-state index is 2.67. The molecule has 56 heavy (non-hydrogen) atoms. The van der Waals surface area contributed by atoms with E-state index < -0.39 is 5.41 Å². The second kappa shape index (κ2) is 10.9. The van der Waals surface area contributed by atoms with Gasteiger partial charge in [-0.25, -0.2) is 0 Å². The van der Waals surface area contributed by atoms with Crippen LogP contribution in [0.2, 0.25) is 0 Å². The van der Waals surface area contributed by atoms with Crippen LogP contribution in [0.1, 0.15) is 72.2 Å². The van der Waals surface area contributed by atoms with Crippen molar-refractivity contribution >= 4 is 17.1 Å². The molecule has 4 aliphatic rings. The first-order valence-electron chi connectivity index (χ1n) is 20.0. The smallest absolute Gasteiger partial charge is 0.0746 e. The molecule has 0 radical (unpaired) electrons. The van der Waals surface area contributed by atoms with E-state index in [-0.39, 0.29) is 10.8 Å². The normalized spacial score (nSPS) is 15.9. The molecule has 4 aliphatic carbocycles. The lowest BCUT2D eigenvalue weighted by Crippen LogP contribution is -2.28. The molecule has 1 spiro atoms. The number of anilines is 3. The molecule has 1 nitrogen and oxygen atoms in total. The Kier molecular flexibility index (Phi) is 6.18. The van der Waals surface area contributed by atoms with Crippen molar-refractivity contribution in [2.75, 3.05) is 4.90 Å². The van der Waals surface area contributed by atoms with E-state index in [2.05, 4.69) is 209 Å². The van der Waals surface area contributed by atoms with Gasteiger partial charge in [-0.05, 0) is 90.5 Å². The fourth-order valence-corrected chi connectivity index (χ4v) is 11.6. The fraction of sp³-hybridized carbons (Fsp3) is 0.127. The largest absolute Gasteiger partial charge is 0.309 e. The lowest BCUT2D eigenvalue weighted by Gasteiger charge is -2.37. The van der Waals surface area contributed by atoms with Crippen molar-refractivity contribution in [2.24, 2.45) is 0 Å². The molecule has 0 atom stereocenters. The number of hydrogen-bond donors (Lipinski definition) is 0. The van der Waals surface area contributed by atoms with Crippen LogP contribution in [0.5, 0.6) is 0 Å². The van der Waals surface area contributed by atoms with Crippen LogP contribution >= 0.6 is 0 Å². The van der Waals surface area contributed by atoms with Crippen LogP contribution < -0.4 is 4.90 Å². The molecule has 0 N–H and O–H groups in total. The van der Waals surface area contributed by atoms with Gasteiger partial charge >= 0.3 is 0 Å². The van der Waals surface area contributed by atoms with Gasteiger partial charge in [0, 0.05) is 27.5 Å². The minimum Gasteiger partial charge on any atom is -0.309 e. The van der Waals surface area contributed by atoms with Crippen LogP contribution in [0.25, 0.3) is 44.5 Å². The molecule has 0 unspecified atom stereocenters. The maximum Gasteiger partial charge on any atom is 0.0746 e. The van der Waals surface area contributed by atoms with Crippen LogP contribution in [0.15, 0.2) is 176 Å². The highest BCUT2D eigenvalue weighted by Gasteiger charge is 2.54. The zero-order valence-corrected chi connectivity index (χ0v) is 32.2. The Morgan fingerprint density at radius 1 is 0.286 bits per heavy atom. The van der Waals surface area contributed by atoms with Gasteiger partial charge in [0.25, 0.3) is 0 Å². The minimum absolute atomic E-state index is 0.139. The third-order valence-electron chi connectivity index (χ3n) is 13.9. The molecule has 0 fully saturated rings. The third-order valence-corrected chi connectivity index (χ3v) is 13.9. The first kappa shape index (κ1) is 31.9. The van der Waals surface area contributed by atoms with E-state index in [1.165, 1.54) is 106 Å².